The summed E-state index contributed by atoms with van der Waals surface area (Å²) < 4.78 is 7.14. The van der Waals surface area contributed by atoms with Crippen LogP contribution in [0, 0.1) is 3.57 Å². The van der Waals surface area contributed by atoms with E-state index < -0.39 is 0 Å². The summed E-state index contributed by atoms with van der Waals surface area (Å²) in [5.41, 5.74) is 1.50. The number of fused-ring (bicyclic) bond motifs is 5. The molecule has 0 aliphatic heterocycles. The van der Waals surface area contributed by atoms with Gasteiger partial charge in [0.25, 0.3) is 0 Å². The van der Waals surface area contributed by atoms with E-state index in [1.165, 1.54) is 70.8 Å². The van der Waals surface area contributed by atoms with E-state index in [1.807, 2.05) is 22.7 Å². The molecule has 0 radical (unpaired) electrons. The van der Waals surface area contributed by atoms with Crippen LogP contribution in [0.25, 0.3) is 29.6 Å². The van der Waals surface area contributed by atoms with Gasteiger partial charge in [-0.3, -0.25) is 0 Å². The summed E-state index contributed by atoms with van der Waals surface area (Å²) in [5, 5.41) is 2.87. The van der Waals surface area contributed by atoms with Crippen molar-refractivity contribution < 1.29 is 0 Å². The number of hydrogen-bond acceptors (Lipinski definition) is 2. The molecule has 0 nitrogen and oxygen atoms in total. The Labute approximate surface area is 158 Å². The van der Waals surface area contributed by atoms with Crippen LogP contribution in [0.15, 0.2) is 36.4 Å². The predicted octanol–water partition coefficient (Wildman–Crippen LogP) is 8.00. The van der Waals surface area contributed by atoms with E-state index in [2.05, 4.69) is 65.9 Å². The second-order valence-corrected chi connectivity index (χ2v) is 9.49. The minimum Gasteiger partial charge on any atom is -0.134 e. The molecule has 0 bridgehead atoms. The van der Waals surface area contributed by atoms with Gasteiger partial charge in [-0.25, -0.2) is 0 Å². The van der Waals surface area contributed by atoms with Crippen LogP contribution < -0.4 is 0 Å². The van der Waals surface area contributed by atoms with Crippen molar-refractivity contribution in [2.75, 3.05) is 0 Å². The Morgan fingerprint density at radius 1 is 0.826 bits per heavy atom. The molecule has 4 rings (SSSR count). The van der Waals surface area contributed by atoms with Gasteiger partial charge in [0, 0.05) is 23.7 Å². The molecule has 0 N–H and O–H groups in total. The summed E-state index contributed by atoms with van der Waals surface area (Å²) in [7, 11) is 0. The van der Waals surface area contributed by atoms with E-state index in [0.717, 1.165) is 0 Å². The molecule has 0 spiro atoms. The number of thiophene rings is 2. The largest absolute Gasteiger partial charge is 0.134 e. The molecule has 0 fully saturated rings. The van der Waals surface area contributed by atoms with Gasteiger partial charge in [-0.15, -0.1) is 22.7 Å². The van der Waals surface area contributed by atoms with E-state index in [1.54, 1.807) is 0 Å². The fourth-order valence-electron chi connectivity index (χ4n) is 3.19. The summed E-state index contributed by atoms with van der Waals surface area (Å²) >= 11 is 6.32. The maximum Gasteiger partial charge on any atom is 0.0542 e. The summed E-state index contributed by atoms with van der Waals surface area (Å²) in [6.07, 6.45) is 6.58. The van der Waals surface area contributed by atoms with Gasteiger partial charge in [0.1, 0.15) is 0 Å². The molecule has 0 saturated carbocycles. The Bertz CT molecular complexity index is 977. The molecule has 0 aliphatic carbocycles. The summed E-state index contributed by atoms with van der Waals surface area (Å²) in [5.74, 6) is 0. The molecule has 23 heavy (non-hydrogen) atoms. The number of halogens is 1. The predicted molar refractivity (Wildman–Crippen MR) is 115 cm³/mol. The third-order valence-electron chi connectivity index (χ3n) is 4.43. The lowest BCUT2D eigenvalue weighted by Gasteiger charge is -2.01. The molecule has 2 aromatic heterocycles. The summed E-state index contributed by atoms with van der Waals surface area (Å²) in [4.78, 5) is 0. The fourth-order valence-corrected chi connectivity index (χ4v) is 6.64. The average Bonchev–Trinajstić information content (AvgIpc) is 3.06. The van der Waals surface area contributed by atoms with Crippen LogP contribution in [0.3, 0.4) is 0 Å². The van der Waals surface area contributed by atoms with Crippen LogP contribution in [0.5, 0.6) is 0 Å². The van der Waals surface area contributed by atoms with Gasteiger partial charge < -0.3 is 0 Å². The minimum atomic E-state index is 1.22. The lowest BCUT2D eigenvalue weighted by molar-refractivity contribution is 0.667. The van der Waals surface area contributed by atoms with E-state index in [4.69, 9.17) is 0 Å². The molecule has 2 aromatic carbocycles. The van der Waals surface area contributed by atoms with Gasteiger partial charge in [-0.2, -0.15) is 0 Å². The highest BCUT2D eigenvalue weighted by molar-refractivity contribution is 14.1. The van der Waals surface area contributed by atoms with Gasteiger partial charge in [-0.1, -0.05) is 44.4 Å². The van der Waals surface area contributed by atoms with Crippen molar-refractivity contribution in [3.63, 3.8) is 0 Å². The minimum absolute atomic E-state index is 1.22. The molecule has 0 amide bonds. The third kappa shape index (κ3) is 3.03. The fraction of sp³-hybridized carbons (Fsp3) is 0.300. The summed E-state index contributed by atoms with van der Waals surface area (Å²) in [6, 6.07) is 13.9. The quantitative estimate of drug-likeness (QED) is 0.214. The zero-order chi connectivity index (χ0) is 15.8. The Morgan fingerprint density at radius 2 is 1.52 bits per heavy atom. The van der Waals surface area contributed by atoms with Crippen molar-refractivity contribution in [2.45, 2.75) is 39.0 Å². The van der Waals surface area contributed by atoms with E-state index in [0.29, 0.717) is 0 Å². The maximum absolute atomic E-state index is 2.43. The van der Waals surface area contributed by atoms with Crippen molar-refractivity contribution in [3.05, 3.63) is 45.5 Å². The second-order valence-electron chi connectivity index (χ2n) is 6.14. The molecular weight excluding hydrogens is 431 g/mol. The van der Waals surface area contributed by atoms with Crippen molar-refractivity contribution in [3.8, 4) is 0 Å². The Balaban J connectivity index is 1.73. The van der Waals surface area contributed by atoms with E-state index >= 15 is 0 Å². The highest BCUT2D eigenvalue weighted by Gasteiger charge is 2.12. The van der Waals surface area contributed by atoms with Crippen LogP contribution in [0.4, 0.5) is 0 Å². The third-order valence-corrected chi connectivity index (χ3v) is 7.60. The van der Waals surface area contributed by atoms with Crippen LogP contribution in [-0.4, -0.2) is 0 Å². The van der Waals surface area contributed by atoms with Crippen molar-refractivity contribution in [1.82, 2.24) is 0 Å². The number of benzene rings is 2. The first-order chi connectivity index (χ1) is 11.3. The molecule has 118 valence electrons. The molecule has 4 aromatic rings. The highest BCUT2D eigenvalue weighted by atomic mass is 127. The standard InChI is InChI=1S/C20H19IS2/c1-2-3-4-5-6-13-7-9-15-17(11-13)22-20-16-10-8-14(21)12-18(16)23-19(15)20/h7-12H,2-6H2,1H3. The normalized spacial score (nSPS) is 11.9. The molecule has 2 heterocycles. The number of unbranched alkanes of at least 4 members (excludes halogenated alkanes) is 3. The molecule has 0 unspecified atom stereocenters. The Morgan fingerprint density at radius 3 is 2.26 bits per heavy atom. The van der Waals surface area contributed by atoms with Crippen LogP contribution in [-0.2, 0) is 6.42 Å². The van der Waals surface area contributed by atoms with Gasteiger partial charge in [0.05, 0.1) is 9.40 Å². The highest BCUT2D eigenvalue weighted by Crippen LogP contribution is 2.44. The monoisotopic (exact) mass is 450 g/mol. The topological polar surface area (TPSA) is 0 Å². The number of rotatable bonds is 5. The first-order valence-corrected chi connectivity index (χ1v) is 11.0. The molecule has 0 atom stereocenters. The van der Waals surface area contributed by atoms with Gasteiger partial charge in [0.15, 0.2) is 0 Å². The van der Waals surface area contributed by atoms with Crippen molar-refractivity contribution >= 4 is 74.8 Å². The average molecular weight is 450 g/mol. The molecular formula is C20H19IS2. The van der Waals surface area contributed by atoms with Crippen LogP contribution >= 0.6 is 45.3 Å². The number of aryl methyl sites for hydroxylation is 1. The van der Waals surface area contributed by atoms with Crippen LogP contribution in [0.2, 0.25) is 0 Å². The van der Waals surface area contributed by atoms with Crippen molar-refractivity contribution in [2.24, 2.45) is 0 Å². The van der Waals surface area contributed by atoms with Crippen LogP contribution in [0.1, 0.15) is 38.2 Å². The molecule has 3 heteroatoms. The lowest BCUT2D eigenvalue weighted by atomic mass is 10.1. The first-order valence-electron chi connectivity index (χ1n) is 8.29. The van der Waals surface area contributed by atoms with E-state index in [9.17, 15) is 0 Å². The van der Waals surface area contributed by atoms with Crippen molar-refractivity contribution in [1.29, 1.82) is 0 Å². The zero-order valence-electron chi connectivity index (χ0n) is 13.2. The second kappa shape index (κ2) is 6.69. The Hall–Kier alpha value is -0.650. The van der Waals surface area contributed by atoms with Gasteiger partial charge >= 0.3 is 0 Å². The smallest absolute Gasteiger partial charge is 0.0542 e. The molecule has 0 saturated heterocycles. The molecule has 0 aliphatic rings. The van der Waals surface area contributed by atoms with Gasteiger partial charge in [-0.05, 0) is 59.2 Å². The SMILES string of the molecule is CCCCCCc1ccc2c(c1)sc1c3ccc(I)cc3sc21. The van der Waals surface area contributed by atoms with Gasteiger partial charge in [0.2, 0.25) is 0 Å². The first kappa shape index (κ1) is 15.9. The number of hydrogen-bond donors (Lipinski definition) is 0. The maximum atomic E-state index is 2.43. The van der Waals surface area contributed by atoms with E-state index in [-0.39, 0.29) is 0 Å². The summed E-state index contributed by atoms with van der Waals surface area (Å²) in [6.45, 7) is 2.27. The zero-order valence-corrected chi connectivity index (χ0v) is 17.0. The Kier molecular flexibility index (Phi) is 4.61. The lowest BCUT2D eigenvalue weighted by Crippen LogP contribution is -1.85.